The second-order valence-corrected chi connectivity index (χ2v) is 7.03. The van der Waals surface area contributed by atoms with Crippen LogP contribution in [0.15, 0.2) is 61.2 Å². The Labute approximate surface area is 167 Å². The van der Waals surface area contributed by atoms with Gasteiger partial charge in [0.15, 0.2) is 0 Å². The number of hydrogen-bond donors (Lipinski definition) is 0. The summed E-state index contributed by atoms with van der Waals surface area (Å²) in [5.41, 5.74) is 4.80. The van der Waals surface area contributed by atoms with Crippen molar-refractivity contribution in [2.45, 2.75) is 20.3 Å². The van der Waals surface area contributed by atoms with Gasteiger partial charge in [-0.1, -0.05) is 53.5 Å². The number of aromatic nitrogens is 3. The lowest BCUT2D eigenvalue weighted by molar-refractivity contribution is 0.0643. The minimum atomic E-state index is 0.392. The van der Waals surface area contributed by atoms with Gasteiger partial charge < -0.3 is 9.30 Å². The van der Waals surface area contributed by atoms with E-state index in [1.807, 2.05) is 42.0 Å². The Morgan fingerprint density at radius 3 is 2.63 bits per heavy atom. The monoisotopic (exact) mass is 397 g/mol. The average Bonchev–Trinajstić information content (AvgIpc) is 3.20. The summed E-state index contributed by atoms with van der Waals surface area (Å²) in [6.07, 6.45) is 5.30. The SMILES string of the molecule is Cc1c(-c2ccccc2)nc2ccc(Cl)c(Cl)c2c1COCn1ccnc1. The third kappa shape index (κ3) is 3.56. The highest BCUT2D eigenvalue weighted by molar-refractivity contribution is 6.45. The molecule has 0 saturated carbocycles. The van der Waals surface area contributed by atoms with Gasteiger partial charge in [0.25, 0.3) is 0 Å². The van der Waals surface area contributed by atoms with Crippen molar-refractivity contribution in [3.63, 3.8) is 0 Å². The zero-order valence-corrected chi connectivity index (χ0v) is 16.2. The van der Waals surface area contributed by atoms with E-state index in [-0.39, 0.29) is 0 Å². The molecule has 0 radical (unpaired) electrons. The van der Waals surface area contributed by atoms with Crippen molar-refractivity contribution < 1.29 is 4.74 Å². The molecule has 2 aromatic carbocycles. The van der Waals surface area contributed by atoms with Crippen LogP contribution in [0.1, 0.15) is 11.1 Å². The molecule has 0 atom stereocenters. The van der Waals surface area contributed by atoms with Crippen LogP contribution in [0.3, 0.4) is 0 Å². The van der Waals surface area contributed by atoms with Crippen molar-refractivity contribution in [3.8, 4) is 11.3 Å². The number of imidazole rings is 1. The number of rotatable bonds is 5. The molecule has 0 aliphatic rings. The van der Waals surface area contributed by atoms with Crippen LogP contribution in [0.2, 0.25) is 10.0 Å². The fourth-order valence-electron chi connectivity index (χ4n) is 3.13. The predicted molar refractivity (Wildman–Crippen MR) is 109 cm³/mol. The molecule has 6 heteroatoms. The van der Waals surface area contributed by atoms with Gasteiger partial charge in [0, 0.05) is 23.3 Å². The number of nitrogens with zero attached hydrogens (tertiary/aromatic N) is 3. The Kier molecular flexibility index (Phi) is 5.12. The normalized spacial score (nSPS) is 11.2. The second kappa shape index (κ2) is 7.69. The molecule has 2 heterocycles. The summed E-state index contributed by atoms with van der Waals surface area (Å²) in [6, 6.07) is 13.8. The molecule has 0 amide bonds. The summed E-state index contributed by atoms with van der Waals surface area (Å²) in [5.74, 6) is 0. The number of pyridine rings is 1. The van der Waals surface area contributed by atoms with Crippen LogP contribution in [-0.2, 0) is 18.1 Å². The van der Waals surface area contributed by atoms with Crippen LogP contribution < -0.4 is 0 Å². The molecular weight excluding hydrogens is 381 g/mol. The summed E-state index contributed by atoms with van der Waals surface area (Å²) in [4.78, 5) is 8.88. The topological polar surface area (TPSA) is 39.9 Å². The van der Waals surface area contributed by atoms with E-state index < -0.39 is 0 Å². The van der Waals surface area contributed by atoms with Gasteiger partial charge in [-0.25, -0.2) is 9.97 Å². The van der Waals surface area contributed by atoms with Crippen molar-refractivity contribution >= 4 is 34.1 Å². The summed E-state index contributed by atoms with van der Waals surface area (Å²) in [7, 11) is 0. The zero-order chi connectivity index (χ0) is 18.8. The third-order valence-corrected chi connectivity index (χ3v) is 5.31. The zero-order valence-electron chi connectivity index (χ0n) is 14.7. The van der Waals surface area contributed by atoms with E-state index in [9.17, 15) is 0 Å². The number of halogens is 2. The molecule has 4 aromatic rings. The second-order valence-electron chi connectivity index (χ2n) is 6.24. The van der Waals surface area contributed by atoms with Crippen LogP contribution >= 0.6 is 23.2 Å². The molecule has 0 saturated heterocycles. The van der Waals surface area contributed by atoms with E-state index in [1.54, 1.807) is 18.6 Å². The largest absolute Gasteiger partial charge is 0.356 e. The molecule has 0 N–H and O–H groups in total. The lowest BCUT2D eigenvalue weighted by Gasteiger charge is -2.16. The van der Waals surface area contributed by atoms with E-state index in [0.29, 0.717) is 23.4 Å². The van der Waals surface area contributed by atoms with Crippen LogP contribution in [0.4, 0.5) is 0 Å². The average molecular weight is 398 g/mol. The van der Waals surface area contributed by atoms with E-state index in [0.717, 1.165) is 33.3 Å². The Morgan fingerprint density at radius 2 is 1.89 bits per heavy atom. The van der Waals surface area contributed by atoms with Crippen molar-refractivity contribution in [2.24, 2.45) is 0 Å². The van der Waals surface area contributed by atoms with Crippen LogP contribution in [0, 0.1) is 6.92 Å². The summed E-state index contributed by atoms with van der Waals surface area (Å²) >= 11 is 12.8. The van der Waals surface area contributed by atoms with Gasteiger partial charge >= 0.3 is 0 Å². The lowest BCUT2D eigenvalue weighted by Crippen LogP contribution is -2.04. The van der Waals surface area contributed by atoms with Gasteiger partial charge in [-0.05, 0) is 30.2 Å². The van der Waals surface area contributed by atoms with Gasteiger partial charge in [-0.2, -0.15) is 0 Å². The Morgan fingerprint density at radius 1 is 1.07 bits per heavy atom. The van der Waals surface area contributed by atoms with Crippen molar-refractivity contribution in [1.29, 1.82) is 0 Å². The predicted octanol–water partition coefficient (Wildman–Crippen LogP) is 5.89. The smallest absolute Gasteiger partial charge is 0.124 e. The molecule has 4 nitrogen and oxygen atoms in total. The van der Waals surface area contributed by atoms with E-state index in [1.165, 1.54) is 0 Å². The fraction of sp³-hybridized carbons (Fsp3) is 0.143. The molecule has 2 aromatic heterocycles. The number of hydrogen-bond acceptors (Lipinski definition) is 3. The highest BCUT2D eigenvalue weighted by Gasteiger charge is 2.17. The van der Waals surface area contributed by atoms with E-state index >= 15 is 0 Å². The molecule has 0 bridgehead atoms. The first kappa shape index (κ1) is 18.0. The highest BCUT2D eigenvalue weighted by Crippen LogP contribution is 2.37. The van der Waals surface area contributed by atoms with E-state index in [4.69, 9.17) is 32.9 Å². The standard InChI is InChI=1S/C21H17Cl2N3O/c1-14-16(11-27-13-26-10-9-24-12-26)19-18(8-7-17(22)20(19)23)25-21(14)15-5-3-2-4-6-15/h2-10,12H,11,13H2,1H3. The quantitative estimate of drug-likeness (QED) is 0.421. The molecule has 0 aliphatic heterocycles. The van der Waals surface area contributed by atoms with Gasteiger partial charge in [0.2, 0.25) is 0 Å². The molecule has 0 unspecified atom stereocenters. The molecule has 0 fully saturated rings. The van der Waals surface area contributed by atoms with Gasteiger partial charge in [0.05, 0.1) is 34.2 Å². The maximum Gasteiger partial charge on any atom is 0.124 e. The number of ether oxygens (including phenoxy) is 1. The summed E-state index contributed by atoms with van der Waals surface area (Å²) in [6.45, 7) is 2.84. The van der Waals surface area contributed by atoms with Gasteiger partial charge in [0.1, 0.15) is 6.73 Å². The van der Waals surface area contributed by atoms with Gasteiger partial charge in [-0.3, -0.25) is 0 Å². The van der Waals surface area contributed by atoms with Crippen molar-refractivity contribution in [2.75, 3.05) is 0 Å². The maximum absolute atomic E-state index is 6.54. The first-order valence-electron chi connectivity index (χ1n) is 8.51. The molecule has 136 valence electrons. The van der Waals surface area contributed by atoms with Crippen molar-refractivity contribution in [3.05, 3.63) is 82.4 Å². The number of benzene rings is 2. The van der Waals surface area contributed by atoms with Gasteiger partial charge in [-0.15, -0.1) is 0 Å². The minimum Gasteiger partial charge on any atom is -0.356 e. The summed E-state index contributed by atoms with van der Waals surface area (Å²) in [5, 5.41) is 1.85. The fourth-order valence-corrected chi connectivity index (χ4v) is 3.56. The lowest BCUT2D eigenvalue weighted by atomic mass is 9.98. The molecule has 27 heavy (non-hydrogen) atoms. The van der Waals surface area contributed by atoms with Crippen LogP contribution in [0.5, 0.6) is 0 Å². The van der Waals surface area contributed by atoms with Crippen molar-refractivity contribution in [1.82, 2.24) is 14.5 Å². The van der Waals surface area contributed by atoms with Crippen LogP contribution in [0.25, 0.3) is 22.2 Å². The molecule has 0 aliphatic carbocycles. The maximum atomic E-state index is 6.54. The first-order valence-corrected chi connectivity index (χ1v) is 9.27. The minimum absolute atomic E-state index is 0.392. The van der Waals surface area contributed by atoms with E-state index in [2.05, 4.69) is 17.1 Å². The summed E-state index contributed by atoms with van der Waals surface area (Å²) < 4.78 is 7.80. The molecule has 4 rings (SSSR count). The molecular formula is C21H17Cl2N3O. The third-order valence-electron chi connectivity index (χ3n) is 4.51. The Balaban J connectivity index is 1.82. The van der Waals surface area contributed by atoms with Crippen LogP contribution in [-0.4, -0.2) is 14.5 Å². The first-order chi connectivity index (χ1) is 13.1. The Hall–Kier alpha value is -2.40. The molecule has 0 spiro atoms. The Bertz CT molecular complexity index is 1080. The number of fused-ring (bicyclic) bond motifs is 1. The highest BCUT2D eigenvalue weighted by atomic mass is 35.5.